The molecule has 8 heteroatoms. The molecule has 30 heavy (non-hydrogen) atoms. The van der Waals surface area contributed by atoms with E-state index in [0.29, 0.717) is 44.8 Å². The van der Waals surface area contributed by atoms with Crippen LogP contribution in [-0.2, 0) is 9.53 Å². The van der Waals surface area contributed by atoms with Crippen molar-refractivity contribution in [3.8, 4) is 0 Å². The van der Waals surface area contributed by atoms with Crippen molar-refractivity contribution in [1.29, 1.82) is 0 Å². The number of nitrogens with one attached hydrogen (secondary N) is 2. The minimum atomic E-state index is -0.519. The number of carbonyl (C=O) groups excluding carboxylic acids is 2. The molecule has 0 atom stereocenters. The van der Waals surface area contributed by atoms with Gasteiger partial charge >= 0.3 is 0 Å². The number of halogens is 2. The quantitative estimate of drug-likeness (QED) is 0.714. The topological polar surface area (TPSA) is 70.7 Å². The van der Waals surface area contributed by atoms with E-state index in [4.69, 9.17) is 16.3 Å². The van der Waals surface area contributed by atoms with Gasteiger partial charge in [0.15, 0.2) is 0 Å². The molecule has 1 aliphatic carbocycles. The highest BCUT2D eigenvalue weighted by Gasteiger charge is 2.34. The van der Waals surface area contributed by atoms with E-state index in [1.807, 2.05) is 18.7 Å². The Balaban J connectivity index is 1.37. The van der Waals surface area contributed by atoms with Crippen LogP contribution in [0.3, 0.4) is 0 Å². The predicted molar refractivity (Wildman–Crippen MR) is 114 cm³/mol. The Morgan fingerprint density at radius 2 is 1.97 bits per heavy atom. The van der Waals surface area contributed by atoms with Gasteiger partial charge in [0.2, 0.25) is 5.91 Å². The molecule has 0 aromatic heterocycles. The zero-order valence-electron chi connectivity index (χ0n) is 17.7. The molecule has 2 amide bonds. The van der Waals surface area contributed by atoms with E-state index in [1.54, 1.807) is 0 Å². The minimum Gasteiger partial charge on any atom is -0.377 e. The summed E-state index contributed by atoms with van der Waals surface area (Å²) >= 11 is 5.82. The fraction of sp³-hybridized carbons (Fsp3) is 0.636. The Labute approximate surface area is 182 Å². The average molecular weight is 440 g/mol. The molecule has 1 aliphatic heterocycles. The van der Waals surface area contributed by atoms with Crippen molar-refractivity contribution >= 4 is 23.4 Å². The highest BCUT2D eigenvalue weighted by Crippen LogP contribution is 2.24. The van der Waals surface area contributed by atoms with E-state index in [9.17, 15) is 14.0 Å². The Hall–Kier alpha value is -1.70. The van der Waals surface area contributed by atoms with Gasteiger partial charge in [0.25, 0.3) is 5.91 Å². The van der Waals surface area contributed by atoms with Gasteiger partial charge in [-0.05, 0) is 63.6 Å². The average Bonchev–Trinajstić information content (AvgIpc) is 2.70. The molecule has 1 heterocycles. The van der Waals surface area contributed by atoms with Gasteiger partial charge < -0.3 is 20.3 Å². The van der Waals surface area contributed by atoms with E-state index >= 15 is 0 Å². The number of benzene rings is 1. The van der Waals surface area contributed by atoms with Crippen LogP contribution in [0.2, 0.25) is 5.02 Å². The normalized spacial score (nSPS) is 23.8. The highest BCUT2D eigenvalue weighted by molar-refractivity contribution is 6.31. The first-order chi connectivity index (χ1) is 14.2. The summed E-state index contributed by atoms with van der Waals surface area (Å²) in [5.74, 6) is -0.332. The summed E-state index contributed by atoms with van der Waals surface area (Å²) in [6, 6.07) is 4.15. The van der Waals surface area contributed by atoms with Crippen molar-refractivity contribution in [3.05, 3.63) is 34.6 Å². The number of hydrogen-bond acceptors (Lipinski definition) is 4. The number of hydrogen-bond donors (Lipinski definition) is 2. The van der Waals surface area contributed by atoms with Crippen molar-refractivity contribution in [3.63, 3.8) is 0 Å². The summed E-state index contributed by atoms with van der Waals surface area (Å²) in [4.78, 5) is 26.7. The first-order valence-corrected chi connectivity index (χ1v) is 11.0. The number of nitrogens with zero attached hydrogens (tertiary/aromatic N) is 1. The van der Waals surface area contributed by atoms with Crippen LogP contribution in [0.15, 0.2) is 18.2 Å². The fourth-order valence-electron chi connectivity index (χ4n) is 4.24. The first kappa shape index (κ1) is 23.0. The lowest BCUT2D eigenvalue weighted by atomic mass is 9.86. The van der Waals surface area contributed by atoms with Gasteiger partial charge in [-0.15, -0.1) is 0 Å². The highest BCUT2D eigenvalue weighted by atomic mass is 35.5. The lowest BCUT2D eigenvalue weighted by Crippen LogP contribution is -2.57. The maximum Gasteiger partial charge on any atom is 0.251 e. The summed E-state index contributed by atoms with van der Waals surface area (Å²) in [5, 5.41) is 6.50. The van der Waals surface area contributed by atoms with E-state index in [-0.39, 0.29) is 27.9 Å². The number of morpholine rings is 1. The van der Waals surface area contributed by atoms with E-state index < -0.39 is 5.82 Å². The van der Waals surface area contributed by atoms with E-state index in [2.05, 4.69) is 10.6 Å². The van der Waals surface area contributed by atoms with Gasteiger partial charge in [0, 0.05) is 29.7 Å². The summed E-state index contributed by atoms with van der Waals surface area (Å²) in [7, 11) is 0. The third-order valence-electron chi connectivity index (χ3n) is 6.01. The molecule has 1 aromatic rings. The van der Waals surface area contributed by atoms with Crippen LogP contribution in [0.1, 0.15) is 49.9 Å². The second-order valence-corrected chi connectivity index (χ2v) is 9.31. The zero-order chi connectivity index (χ0) is 21.7. The van der Waals surface area contributed by atoms with Gasteiger partial charge in [-0.1, -0.05) is 11.6 Å². The van der Waals surface area contributed by atoms with Gasteiger partial charge in [0.1, 0.15) is 5.82 Å². The lowest BCUT2D eigenvalue weighted by molar-refractivity contribution is -0.145. The molecule has 1 aromatic carbocycles. The van der Waals surface area contributed by atoms with Crippen molar-refractivity contribution in [2.45, 2.75) is 51.1 Å². The Bertz CT molecular complexity index is 746. The largest absolute Gasteiger partial charge is 0.377 e. The monoisotopic (exact) mass is 439 g/mol. The van der Waals surface area contributed by atoms with E-state index in [1.165, 1.54) is 18.2 Å². The van der Waals surface area contributed by atoms with Crippen molar-refractivity contribution in [1.82, 2.24) is 15.5 Å². The Morgan fingerprint density at radius 3 is 2.63 bits per heavy atom. The third-order valence-corrected chi connectivity index (χ3v) is 6.23. The molecule has 6 nitrogen and oxygen atoms in total. The van der Waals surface area contributed by atoms with Crippen LogP contribution < -0.4 is 10.6 Å². The molecular weight excluding hydrogens is 409 g/mol. The van der Waals surface area contributed by atoms with E-state index in [0.717, 1.165) is 25.7 Å². The Kier molecular flexibility index (Phi) is 7.71. The maximum absolute atomic E-state index is 13.4. The lowest BCUT2D eigenvalue weighted by Gasteiger charge is -2.42. The van der Waals surface area contributed by atoms with Crippen LogP contribution in [0, 0.1) is 11.7 Å². The molecular formula is C22H31ClFN3O3. The van der Waals surface area contributed by atoms with Gasteiger partial charge in [-0.2, -0.15) is 0 Å². The molecule has 0 bridgehead atoms. The molecule has 2 fully saturated rings. The van der Waals surface area contributed by atoms with Gasteiger partial charge in [0.05, 0.1) is 25.3 Å². The molecule has 2 aliphatic rings. The molecule has 0 radical (unpaired) electrons. The van der Waals surface area contributed by atoms with Gasteiger partial charge in [-0.3, -0.25) is 9.59 Å². The number of carbonyl (C=O) groups is 2. The minimum absolute atomic E-state index is 0.117. The number of amides is 2. The van der Waals surface area contributed by atoms with Crippen LogP contribution >= 0.6 is 11.6 Å². The zero-order valence-corrected chi connectivity index (χ0v) is 18.4. The molecule has 0 unspecified atom stereocenters. The molecule has 1 saturated heterocycles. The Morgan fingerprint density at radius 1 is 1.23 bits per heavy atom. The molecule has 166 valence electrons. The number of rotatable bonds is 6. The summed E-state index contributed by atoms with van der Waals surface area (Å²) in [5.41, 5.74) is -0.0291. The number of ether oxygens (including phenoxy) is 1. The molecule has 0 spiro atoms. The second kappa shape index (κ2) is 10.1. The first-order valence-electron chi connectivity index (χ1n) is 10.6. The molecule has 2 N–H and O–H groups in total. The van der Waals surface area contributed by atoms with Crippen molar-refractivity contribution in [2.24, 2.45) is 5.92 Å². The van der Waals surface area contributed by atoms with Gasteiger partial charge in [-0.25, -0.2) is 4.39 Å². The fourth-order valence-corrected chi connectivity index (χ4v) is 4.46. The van der Waals surface area contributed by atoms with Crippen LogP contribution in [0.25, 0.3) is 0 Å². The van der Waals surface area contributed by atoms with Crippen molar-refractivity contribution in [2.75, 3.05) is 32.8 Å². The molecule has 3 rings (SSSR count). The van der Waals surface area contributed by atoms with Crippen LogP contribution in [0.4, 0.5) is 4.39 Å². The second-order valence-electron chi connectivity index (χ2n) is 8.88. The van der Waals surface area contributed by atoms with Crippen LogP contribution in [0.5, 0.6) is 0 Å². The smallest absolute Gasteiger partial charge is 0.251 e. The SMILES string of the molecule is CC1(C)COCCN1C(=O)CNC1CCC(CNC(=O)c2cc(F)cc(Cl)c2)CC1. The predicted octanol–water partition coefficient (Wildman–Crippen LogP) is 2.99. The third kappa shape index (κ3) is 6.15. The summed E-state index contributed by atoms with van der Waals surface area (Å²) < 4.78 is 18.9. The maximum atomic E-state index is 13.4. The summed E-state index contributed by atoms with van der Waals surface area (Å²) in [6.45, 7) is 6.75. The standard InChI is InChI=1S/C22H31ClFN3O3/c1-22(2)14-30-8-7-27(22)20(28)13-25-19-5-3-15(4-6-19)12-26-21(29)16-9-17(23)11-18(24)10-16/h9-11,15,19,25H,3-8,12-14H2,1-2H3,(H,26,29). The van der Waals surface area contributed by atoms with Crippen LogP contribution in [-0.4, -0.2) is 61.1 Å². The summed E-state index contributed by atoms with van der Waals surface area (Å²) in [6.07, 6.45) is 3.87. The molecule has 1 saturated carbocycles. The van der Waals surface area contributed by atoms with Crippen molar-refractivity contribution < 1.29 is 18.7 Å².